The number of hydrogen-bond donors (Lipinski definition) is 0. The van der Waals surface area contributed by atoms with Gasteiger partial charge >= 0.3 is 0 Å². The highest BCUT2D eigenvalue weighted by molar-refractivity contribution is 7.22. The molecule has 3 aromatic rings. The zero-order valence-electron chi connectivity index (χ0n) is 8.48. The molecule has 16 heavy (non-hydrogen) atoms. The second-order valence-corrected chi connectivity index (χ2v) is 4.71. The Hall–Kier alpha value is -1.67. The minimum atomic E-state index is -0.158. The average Bonchev–Trinajstić information content (AvgIpc) is 2.73. The molecule has 0 aliphatic rings. The first-order chi connectivity index (χ1) is 7.84. The first-order valence-corrected chi connectivity index (χ1v) is 5.90. The number of benzene rings is 2. The van der Waals surface area contributed by atoms with Gasteiger partial charge < -0.3 is 0 Å². The fraction of sp³-hybridized carbons (Fsp3) is 0. The van der Waals surface area contributed by atoms with Gasteiger partial charge in [-0.2, -0.15) is 0 Å². The maximum atomic E-state index is 13.6. The molecule has 1 heterocycles. The van der Waals surface area contributed by atoms with Crippen molar-refractivity contribution in [2.75, 3.05) is 0 Å². The van der Waals surface area contributed by atoms with E-state index in [1.54, 1.807) is 17.4 Å². The van der Waals surface area contributed by atoms with Crippen LogP contribution < -0.4 is 0 Å². The first kappa shape index (κ1) is 9.55. The summed E-state index contributed by atoms with van der Waals surface area (Å²) in [6, 6.07) is 17.1. The first-order valence-electron chi connectivity index (χ1n) is 5.08. The van der Waals surface area contributed by atoms with Gasteiger partial charge in [0.1, 0.15) is 5.82 Å². The minimum Gasteiger partial charge on any atom is -0.206 e. The summed E-state index contributed by atoms with van der Waals surface area (Å²) in [5.41, 5.74) is 0.684. The maximum absolute atomic E-state index is 13.6. The van der Waals surface area contributed by atoms with Crippen molar-refractivity contribution in [3.63, 3.8) is 0 Å². The molecular formula is C14H9FS. The number of thiophene rings is 1. The summed E-state index contributed by atoms with van der Waals surface area (Å²) in [5.74, 6) is -0.158. The van der Waals surface area contributed by atoms with Gasteiger partial charge in [-0.05, 0) is 23.6 Å². The van der Waals surface area contributed by atoms with E-state index in [9.17, 15) is 4.39 Å². The smallest absolute Gasteiger partial charge is 0.131 e. The number of fused-ring (bicyclic) bond motifs is 1. The molecule has 0 aliphatic carbocycles. The molecule has 0 bridgehead atoms. The molecule has 0 amide bonds. The molecule has 1 aromatic heterocycles. The minimum absolute atomic E-state index is 0.158. The third-order valence-electron chi connectivity index (χ3n) is 2.56. The Morgan fingerprint density at radius 2 is 1.62 bits per heavy atom. The van der Waals surface area contributed by atoms with Gasteiger partial charge in [0.25, 0.3) is 0 Å². The lowest BCUT2D eigenvalue weighted by Crippen LogP contribution is -1.78. The zero-order valence-corrected chi connectivity index (χ0v) is 9.30. The van der Waals surface area contributed by atoms with E-state index in [2.05, 4.69) is 12.1 Å². The van der Waals surface area contributed by atoms with Crippen LogP contribution in [0.3, 0.4) is 0 Å². The van der Waals surface area contributed by atoms with Crippen LogP contribution in [0, 0.1) is 5.82 Å². The average molecular weight is 228 g/mol. The molecule has 0 N–H and O–H groups in total. The van der Waals surface area contributed by atoms with Crippen molar-refractivity contribution in [2.45, 2.75) is 0 Å². The van der Waals surface area contributed by atoms with Crippen molar-refractivity contribution < 1.29 is 4.39 Å². The largest absolute Gasteiger partial charge is 0.206 e. The third kappa shape index (κ3) is 1.51. The summed E-state index contributed by atoms with van der Waals surface area (Å²) in [4.78, 5) is 0.985. The topological polar surface area (TPSA) is 0 Å². The lowest BCUT2D eigenvalue weighted by Gasteiger charge is -1.97. The van der Waals surface area contributed by atoms with E-state index >= 15 is 0 Å². The van der Waals surface area contributed by atoms with Crippen LogP contribution in [-0.4, -0.2) is 0 Å². The van der Waals surface area contributed by atoms with Crippen molar-refractivity contribution >= 4 is 21.4 Å². The monoisotopic (exact) mass is 228 g/mol. The maximum Gasteiger partial charge on any atom is 0.131 e. The predicted molar refractivity (Wildman–Crippen MR) is 67.2 cm³/mol. The molecule has 0 saturated heterocycles. The van der Waals surface area contributed by atoms with Gasteiger partial charge in [-0.15, -0.1) is 11.3 Å². The fourth-order valence-electron chi connectivity index (χ4n) is 1.78. The molecule has 0 nitrogen and oxygen atoms in total. The van der Waals surface area contributed by atoms with Crippen molar-refractivity contribution in [3.8, 4) is 10.4 Å². The van der Waals surface area contributed by atoms with Crippen LogP contribution in [0.4, 0.5) is 4.39 Å². The molecule has 2 aromatic carbocycles. The van der Waals surface area contributed by atoms with E-state index in [0.29, 0.717) is 5.56 Å². The summed E-state index contributed by atoms with van der Waals surface area (Å²) in [6.45, 7) is 0. The SMILES string of the molecule is Fc1ccccc1-c1cc2ccccc2s1. The second-order valence-electron chi connectivity index (χ2n) is 3.63. The molecule has 0 atom stereocenters. The van der Waals surface area contributed by atoms with Crippen LogP contribution in [-0.2, 0) is 0 Å². The predicted octanol–water partition coefficient (Wildman–Crippen LogP) is 4.71. The molecule has 3 rings (SSSR count). The van der Waals surface area contributed by atoms with Gasteiger partial charge in [0.15, 0.2) is 0 Å². The van der Waals surface area contributed by atoms with Gasteiger partial charge in [-0.3, -0.25) is 0 Å². The molecule has 0 unspecified atom stereocenters. The third-order valence-corrected chi connectivity index (χ3v) is 3.71. The zero-order chi connectivity index (χ0) is 11.0. The van der Waals surface area contributed by atoms with Gasteiger partial charge in [-0.25, -0.2) is 4.39 Å². The normalized spacial score (nSPS) is 10.8. The van der Waals surface area contributed by atoms with E-state index in [1.165, 1.54) is 16.2 Å². The molecule has 78 valence electrons. The van der Waals surface area contributed by atoms with Crippen LogP contribution in [0.1, 0.15) is 0 Å². The molecule has 0 fully saturated rings. The fourth-order valence-corrected chi connectivity index (χ4v) is 2.87. The summed E-state index contributed by atoms with van der Waals surface area (Å²) < 4.78 is 14.8. The quantitative estimate of drug-likeness (QED) is 0.566. The Morgan fingerprint density at radius 3 is 2.44 bits per heavy atom. The highest BCUT2D eigenvalue weighted by Gasteiger charge is 2.07. The van der Waals surface area contributed by atoms with Crippen molar-refractivity contribution in [2.24, 2.45) is 0 Å². The van der Waals surface area contributed by atoms with Crippen molar-refractivity contribution in [1.82, 2.24) is 0 Å². The van der Waals surface area contributed by atoms with E-state index in [0.717, 1.165) is 4.88 Å². The van der Waals surface area contributed by atoms with E-state index < -0.39 is 0 Å². The molecule has 0 saturated carbocycles. The van der Waals surface area contributed by atoms with E-state index in [1.807, 2.05) is 30.3 Å². The van der Waals surface area contributed by atoms with Gasteiger partial charge in [-0.1, -0.05) is 36.4 Å². The Balaban J connectivity index is 2.23. The Kier molecular flexibility index (Phi) is 2.22. The second kappa shape index (κ2) is 3.72. The van der Waals surface area contributed by atoms with Crippen molar-refractivity contribution in [3.05, 3.63) is 60.4 Å². The molecule has 0 aliphatic heterocycles. The summed E-state index contributed by atoms with van der Waals surface area (Å²) >= 11 is 1.62. The molecular weight excluding hydrogens is 219 g/mol. The van der Waals surface area contributed by atoms with Crippen LogP contribution in [0.5, 0.6) is 0 Å². The summed E-state index contributed by atoms with van der Waals surface area (Å²) in [5, 5.41) is 1.17. The number of halogens is 1. The van der Waals surface area contributed by atoms with Crippen LogP contribution >= 0.6 is 11.3 Å². The Bertz CT molecular complexity index is 607. The highest BCUT2D eigenvalue weighted by atomic mass is 32.1. The van der Waals surface area contributed by atoms with Crippen molar-refractivity contribution in [1.29, 1.82) is 0 Å². The van der Waals surface area contributed by atoms with Gasteiger partial charge in [0.05, 0.1) is 0 Å². The van der Waals surface area contributed by atoms with E-state index in [4.69, 9.17) is 0 Å². The molecule has 2 heteroatoms. The van der Waals surface area contributed by atoms with Gasteiger partial charge in [0, 0.05) is 15.1 Å². The number of rotatable bonds is 1. The summed E-state index contributed by atoms with van der Waals surface area (Å²) in [6.07, 6.45) is 0. The molecule has 0 radical (unpaired) electrons. The Labute approximate surface area is 97.0 Å². The van der Waals surface area contributed by atoms with Crippen LogP contribution in [0.15, 0.2) is 54.6 Å². The number of hydrogen-bond acceptors (Lipinski definition) is 1. The lowest BCUT2D eigenvalue weighted by atomic mass is 10.1. The van der Waals surface area contributed by atoms with Crippen LogP contribution in [0.25, 0.3) is 20.5 Å². The Morgan fingerprint density at radius 1 is 0.875 bits per heavy atom. The molecule has 0 spiro atoms. The van der Waals surface area contributed by atoms with E-state index in [-0.39, 0.29) is 5.82 Å². The highest BCUT2D eigenvalue weighted by Crippen LogP contribution is 2.34. The standard InChI is InChI=1S/C14H9FS/c15-12-7-3-2-6-11(12)14-9-10-5-1-4-8-13(10)16-14/h1-9H. The lowest BCUT2D eigenvalue weighted by molar-refractivity contribution is 0.632. The van der Waals surface area contributed by atoms with Crippen LogP contribution in [0.2, 0.25) is 0 Å². The summed E-state index contributed by atoms with van der Waals surface area (Å²) in [7, 11) is 0. The van der Waals surface area contributed by atoms with Gasteiger partial charge in [0.2, 0.25) is 0 Å².